The molecule has 1 aliphatic heterocycles. The van der Waals surface area contributed by atoms with Crippen molar-refractivity contribution in [2.24, 2.45) is 4.99 Å². The molecular weight excluding hydrogens is 244 g/mol. The summed E-state index contributed by atoms with van der Waals surface area (Å²) in [6.07, 6.45) is 3.57. The molecule has 1 aliphatic rings. The van der Waals surface area contributed by atoms with Crippen LogP contribution in [0.5, 0.6) is 0 Å². The minimum Gasteiger partial charge on any atom is -0.370 e. The van der Waals surface area contributed by atoms with E-state index in [2.05, 4.69) is 64.9 Å². The number of amidine groups is 1. The van der Waals surface area contributed by atoms with E-state index >= 15 is 0 Å². The van der Waals surface area contributed by atoms with E-state index in [9.17, 15) is 0 Å². The van der Waals surface area contributed by atoms with E-state index < -0.39 is 0 Å². The first kappa shape index (κ1) is 12.9. The molecule has 2 aromatic rings. The summed E-state index contributed by atoms with van der Waals surface area (Å²) in [6.45, 7) is 1.83. The predicted octanol–water partition coefficient (Wildman–Crippen LogP) is 4.03. The van der Waals surface area contributed by atoms with Crippen LogP contribution in [0.15, 0.2) is 59.6 Å². The lowest BCUT2D eigenvalue weighted by Gasteiger charge is -2.16. The number of aliphatic imine (C=N–C) groups is 1. The van der Waals surface area contributed by atoms with Gasteiger partial charge in [-0.25, -0.2) is 0 Å². The highest BCUT2D eigenvalue weighted by molar-refractivity contribution is 5.82. The number of rotatable bonds is 3. The third kappa shape index (κ3) is 3.08. The van der Waals surface area contributed by atoms with Crippen LogP contribution in [0, 0.1) is 0 Å². The molecule has 0 aromatic heterocycles. The summed E-state index contributed by atoms with van der Waals surface area (Å²) in [6, 6.07) is 19.1. The number of hydrogen-bond acceptors (Lipinski definition) is 2. The first-order valence-corrected chi connectivity index (χ1v) is 7.34. The van der Waals surface area contributed by atoms with Gasteiger partial charge >= 0.3 is 0 Å². The van der Waals surface area contributed by atoms with Crippen molar-refractivity contribution in [2.45, 2.75) is 25.8 Å². The zero-order valence-electron chi connectivity index (χ0n) is 11.7. The van der Waals surface area contributed by atoms with Gasteiger partial charge in [0, 0.05) is 19.5 Å². The summed E-state index contributed by atoms with van der Waals surface area (Å²) >= 11 is 0. The first-order chi connectivity index (χ1) is 9.93. The average molecular weight is 264 g/mol. The molecule has 1 heterocycles. The predicted molar refractivity (Wildman–Crippen MR) is 84.9 cm³/mol. The highest BCUT2D eigenvalue weighted by atomic mass is 15.0. The van der Waals surface area contributed by atoms with Gasteiger partial charge in [-0.1, -0.05) is 54.6 Å². The normalized spacial score (nSPS) is 14.7. The molecule has 0 aliphatic carbocycles. The summed E-state index contributed by atoms with van der Waals surface area (Å²) in [5.41, 5.74) is 3.90. The Kier molecular flexibility index (Phi) is 4.12. The van der Waals surface area contributed by atoms with Crippen molar-refractivity contribution in [1.82, 2.24) is 5.32 Å². The molecule has 1 N–H and O–H groups in total. The summed E-state index contributed by atoms with van der Waals surface area (Å²) < 4.78 is 0. The lowest BCUT2D eigenvalue weighted by Crippen LogP contribution is -2.25. The van der Waals surface area contributed by atoms with Gasteiger partial charge in [-0.2, -0.15) is 0 Å². The average Bonchev–Trinajstić information content (AvgIpc) is 2.55. The van der Waals surface area contributed by atoms with Gasteiger partial charge in [0.2, 0.25) is 0 Å². The second-order valence-corrected chi connectivity index (χ2v) is 5.16. The number of benzene rings is 2. The summed E-state index contributed by atoms with van der Waals surface area (Å²) in [7, 11) is 0. The van der Waals surface area contributed by atoms with Gasteiger partial charge in [0.15, 0.2) is 0 Å². The van der Waals surface area contributed by atoms with Gasteiger partial charge in [0.25, 0.3) is 0 Å². The molecule has 0 spiro atoms. The minimum atomic E-state index is 0.851. The quantitative estimate of drug-likeness (QED) is 0.889. The fourth-order valence-corrected chi connectivity index (χ4v) is 2.61. The van der Waals surface area contributed by atoms with Crippen molar-refractivity contribution in [1.29, 1.82) is 0 Å². The third-order valence-corrected chi connectivity index (χ3v) is 3.71. The second kappa shape index (κ2) is 6.38. The van der Waals surface area contributed by atoms with E-state index in [0.29, 0.717) is 0 Å². The Morgan fingerprint density at radius 2 is 1.70 bits per heavy atom. The number of nitrogens with zero attached hydrogens (tertiary/aromatic N) is 1. The zero-order chi connectivity index (χ0) is 13.6. The SMILES string of the molecule is c1ccc(-c2ccccc2CNC2=NCCCC2)cc1. The van der Waals surface area contributed by atoms with Crippen LogP contribution in [0.25, 0.3) is 11.1 Å². The summed E-state index contributed by atoms with van der Waals surface area (Å²) in [4.78, 5) is 4.55. The van der Waals surface area contributed by atoms with Crippen molar-refractivity contribution >= 4 is 5.84 Å². The molecule has 0 unspecified atom stereocenters. The van der Waals surface area contributed by atoms with Crippen molar-refractivity contribution in [3.8, 4) is 11.1 Å². The molecule has 0 saturated heterocycles. The van der Waals surface area contributed by atoms with Gasteiger partial charge in [-0.05, 0) is 29.5 Å². The highest BCUT2D eigenvalue weighted by Crippen LogP contribution is 2.23. The van der Waals surface area contributed by atoms with Crippen LogP contribution in [0.4, 0.5) is 0 Å². The Morgan fingerprint density at radius 3 is 2.50 bits per heavy atom. The Bertz CT molecular complexity index is 587. The van der Waals surface area contributed by atoms with Crippen LogP contribution in [-0.2, 0) is 6.54 Å². The lowest BCUT2D eigenvalue weighted by atomic mass is 9.99. The summed E-state index contributed by atoms with van der Waals surface area (Å²) in [5.74, 6) is 1.17. The fraction of sp³-hybridized carbons (Fsp3) is 0.278. The highest BCUT2D eigenvalue weighted by Gasteiger charge is 2.07. The van der Waals surface area contributed by atoms with Crippen LogP contribution in [0.3, 0.4) is 0 Å². The van der Waals surface area contributed by atoms with Crippen molar-refractivity contribution < 1.29 is 0 Å². The molecule has 0 bridgehead atoms. The maximum Gasteiger partial charge on any atom is 0.0965 e. The van der Waals surface area contributed by atoms with Gasteiger partial charge in [0.05, 0.1) is 5.84 Å². The molecule has 2 aromatic carbocycles. The molecule has 0 atom stereocenters. The van der Waals surface area contributed by atoms with E-state index in [1.54, 1.807) is 0 Å². The second-order valence-electron chi connectivity index (χ2n) is 5.16. The van der Waals surface area contributed by atoms with Gasteiger partial charge in [-0.15, -0.1) is 0 Å². The standard InChI is InChI=1S/C18H20N2/c1-2-8-15(9-3-1)17-11-5-4-10-16(17)14-20-18-12-6-7-13-19-18/h1-5,8-11H,6-7,12-14H2,(H,19,20). The zero-order valence-corrected chi connectivity index (χ0v) is 11.7. The van der Waals surface area contributed by atoms with Crippen LogP contribution < -0.4 is 5.32 Å². The van der Waals surface area contributed by atoms with E-state index in [1.807, 2.05) is 0 Å². The number of nitrogens with one attached hydrogen (secondary N) is 1. The molecule has 0 saturated carbocycles. The molecule has 102 valence electrons. The monoisotopic (exact) mass is 264 g/mol. The van der Waals surface area contributed by atoms with Crippen LogP contribution in [-0.4, -0.2) is 12.4 Å². The van der Waals surface area contributed by atoms with Crippen molar-refractivity contribution in [3.05, 3.63) is 60.2 Å². The first-order valence-electron chi connectivity index (χ1n) is 7.34. The third-order valence-electron chi connectivity index (χ3n) is 3.71. The molecule has 2 nitrogen and oxygen atoms in total. The molecule has 20 heavy (non-hydrogen) atoms. The van der Waals surface area contributed by atoms with E-state index in [1.165, 1.54) is 35.4 Å². The fourth-order valence-electron chi connectivity index (χ4n) is 2.61. The number of hydrogen-bond donors (Lipinski definition) is 1. The molecule has 3 rings (SSSR count). The Balaban J connectivity index is 1.78. The summed E-state index contributed by atoms with van der Waals surface area (Å²) in [5, 5.41) is 3.50. The Hall–Kier alpha value is -2.09. The Morgan fingerprint density at radius 1 is 0.900 bits per heavy atom. The van der Waals surface area contributed by atoms with E-state index in [0.717, 1.165) is 19.5 Å². The Labute approximate surface area is 120 Å². The van der Waals surface area contributed by atoms with Gasteiger partial charge < -0.3 is 5.32 Å². The van der Waals surface area contributed by atoms with Gasteiger partial charge in [-0.3, -0.25) is 4.99 Å². The van der Waals surface area contributed by atoms with Crippen LogP contribution in [0.2, 0.25) is 0 Å². The molecule has 2 heteroatoms. The van der Waals surface area contributed by atoms with Crippen molar-refractivity contribution in [2.75, 3.05) is 6.54 Å². The van der Waals surface area contributed by atoms with Gasteiger partial charge in [0.1, 0.15) is 0 Å². The molecular formula is C18H20N2. The largest absolute Gasteiger partial charge is 0.370 e. The van der Waals surface area contributed by atoms with Crippen molar-refractivity contribution in [3.63, 3.8) is 0 Å². The minimum absolute atomic E-state index is 0.851. The van der Waals surface area contributed by atoms with Crippen LogP contribution in [0.1, 0.15) is 24.8 Å². The molecule has 0 amide bonds. The topological polar surface area (TPSA) is 24.4 Å². The maximum atomic E-state index is 4.55. The van der Waals surface area contributed by atoms with E-state index in [-0.39, 0.29) is 0 Å². The lowest BCUT2D eigenvalue weighted by molar-refractivity contribution is 0.706. The smallest absolute Gasteiger partial charge is 0.0965 e. The molecule has 0 fully saturated rings. The van der Waals surface area contributed by atoms with E-state index in [4.69, 9.17) is 0 Å². The maximum absolute atomic E-state index is 4.55. The molecule has 0 radical (unpaired) electrons. The van der Waals surface area contributed by atoms with Crippen LogP contribution >= 0.6 is 0 Å².